The van der Waals surface area contributed by atoms with Crippen molar-refractivity contribution in [1.82, 2.24) is 10.6 Å². The van der Waals surface area contributed by atoms with Crippen LogP contribution in [0, 0.1) is 22.7 Å². The molecular weight excluding hydrogens is 270 g/mol. The summed E-state index contributed by atoms with van der Waals surface area (Å²) in [5, 5.41) is 25.3. The van der Waals surface area contributed by atoms with Crippen LogP contribution in [0.3, 0.4) is 0 Å². The van der Waals surface area contributed by atoms with E-state index in [1.807, 2.05) is 12.1 Å². The SMILES string of the molecule is CCNC(=O)NC(=O)C(C)Nc1ccc(C#N)c(C#N)c1. The van der Waals surface area contributed by atoms with Gasteiger partial charge in [0, 0.05) is 12.2 Å². The van der Waals surface area contributed by atoms with Crippen molar-refractivity contribution in [3.8, 4) is 12.1 Å². The maximum absolute atomic E-state index is 11.8. The van der Waals surface area contributed by atoms with Gasteiger partial charge in [0.25, 0.3) is 0 Å². The van der Waals surface area contributed by atoms with Crippen molar-refractivity contribution >= 4 is 17.6 Å². The zero-order chi connectivity index (χ0) is 15.8. The summed E-state index contributed by atoms with van der Waals surface area (Å²) in [7, 11) is 0. The minimum atomic E-state index is -0.674. The van der Waals surface area contributed by atoms with Crippen molar-refractivity contribution < 1.29 is 9.59 Å². The number of imide groups is 1. The monoisotopic (exact) mass is 285 g/mol. The molecule has 1 aromatic carbocycles. The van der Waals surface area contributed by atoms with Gasteiger partial charge in [-0.2, -0.15) is 10.5 Å². The number of hydrogen-bond acceptors (Lipinski definition) is 5. The van der Waals surface area contributed by atoms with E-state index in [9.17, 15) is 9.59 Å². The Labute approximate surface area is 122 Å². The van der Waals surface area contributed by atoms with E-state index in [0.29, 0.717) is 12.2 Å². The first kappa shape index (κ1) is 16.0. The normalized spacial score (nSPS) is 10.7. The molecule has 0 saturated heterocycles. The number of carbonyl (C=O) groups is 2. The van der Waals surface area contributed by atoms with Gasteiger partial charge in [-0.05, 0) is 32.0 Å². The predicted octanol–water partition coefficient (Wildman–Crippen LogP) is 1.08. The van der Waals surface area contributed by atoms with Crippen LogP contribution in [0.2, 0.25) is 0 Å². The van der Waals surface area contributed by atoms with Crippen LogP contribution in [0.1, 0.15) is 25.0 Å². The van der Waals surface area contributed by atoms with E-state index in [1.165, 1.54) is 12.1 Å². The minimum absolute atomic E-state index is 0.221. The molecule has 1 rings (SSSR count). The molecule has 3 N–H and O–H groups in total. The number of nitrogens with one attached hydrogen (secondary N) is 3. The Morgan fingerprint density at radius 2 is 1.90 bits per heavy atom. The topological polar surface area (TPSA) is 118 Å². The molecule has 0 spiro atoms. The maximum Gasteiger partial charge on any atom is 0.321 e. The van der Waals surface area contributed by atoms with Crippen molar-refractivity contribution in [3.05, 3.63) is 29.3 Å². The molecule has 0 heterocycles. The fraction of sp³-hybridized carbons (Fsp3) is 0.286. The van der Waals surface area contributed by atoms with E-state index in [2.05, 4.69) is 16.0 Å². The standard InChI is InChI=1S/C14H15N5O2/c1-3-17-14(21)19-13(20)9(2)18-12-5-4-10(7-15)11(6-12)8-16/h4-6,9,18H,3H2,1-2H3,(H2,17,19,20,21). The first-order chi connectivity index (χ1) is 10.0. The van der Waals surface area contributed by atoms with Crippen molar-refractivity contribution in [1.29, 1.82) is 10.5 Å². The highest BCUT2D eigenvalue weighted by Crippen LogP contribution is 2.15. The Kier molecular flexibility index (Phi) is 5.72. The van der Waals surface area contributed by atoms with Gasteiger partial charge in [-0.15, -0.1) is 0 Å². The Morgan fingerprint density at radius 1 is 1.24 bits per heavy atom. The lowest BCUT2D eigenvalue weighted by Gasteiger charge is -2.15. The Bertz CT molecular complexity index is 627. The van der Waals surface area contributed by atoms with Gasteiger partial charge in [0.05, 0.1) is 11.1 Å². The van der Waals surface area contributed by atoms with Gasteiger partial charge in [-0.3, -0.25) is 10.1 Å². The van der Waals surface area contributed by atoms with E-state index in [-0.39, 0.29) is 11.1 Å². The molecule has 0 saturated carbocycles. The van der Waals surface area contributed by atoms with E-state index in [1.54, 1.807) is 19.9 Å². The summed E-state index contributed by atoms with van der Waals surface area (Å²) in [4.78, 5) is 23.0. The summed E-state index contributed by atoms with van der Waals surface area (Å²) in [5.74, 6) is -0.496. The fourth-order valence-electron chi connectivity index (χ4n) is 1.56. The maximum atomic E-state index is 11.8. The van der Waals surface area contributed by atoms with Gasteiger partial charge < -0.3 is 10.6 Å². The second-order valence-corrected chi connectivity index (χ2v) is 4.20. The summed E-state index contributed by atoms with van der Waals surface area (Å²) < 4.78 is 0. The lowest BCUT2D eigenvalue weighted by molar-refractivity contribution is -0.120. The van der Waals surface area contributed by atoms with Gasteiger partial charge in [0.1, 0.15) is 18.2 Å². The molecule has 0 aliphatic heterocycles. The van der Waals surface area contributed by atoms with Gasteiger partial charge in [-0.1, -0.05) is 0 Å². The van der Waals surface area contributed by atoms with Crippen LogP contribution >= 0.6 is 0 Å². The first-order valence-corrected chi connectivity index (χ1v) is 6.31. The fourth-order valence-corrected chi connectivity index (χ4v) is 1.56. The van der Waals surface area contributed by atoms with Crippen LogP contribution in [-0.2, 0) is 4.79 Å². The van der Waals surface area contributed by atoms with Crippen LogP contribution in [0.15, 0.2) is 18.2 Å². The molecule has 108 valence electrons. The smallest absolute Gasteiger partial charge is 0.321 e. The molecule has 0 aromatic heterocycles. The predicted molar refractivity (Wildman–Crippen MR) is 76.2 cm³/mol. The highest BCUT2D eigenvalue weighted by atomic mass is 16.2. The summed E-state index contributed by atoms with van der Waals surface area (Å²) in [6.45, 7) is 3.74. The van der Waals surface area contributed by atoms with E-state index in [4.69, 9.17) is 10.5 Å². The van der Waals surface area contributed by atoms with Crippen molar-refractivity contribution in [2.45, 2.75) is 19.9 Å². The lowest BCUT2D eigenvalue weighted by atomic mass is 10.1. The van der Waals surface area contributed by atoms with Crippen molar-refractivity contribution in [3.63, 3.8) is 0 Å². The number of urea groups is 1. The molecule has 1 atom stereocenters. The van der Waals surface area contributed by atoms with Crippen LogP contribution < -0.4 is 16.0 Å². The van der Waals surface area contributed by atoms with Gasteiger partial charge in [-0.25, -0.2) is 4.79 Å². The lowest BCUT2D eigenvalue weighted by Crippen LogP contribution is -2.45. The summed E-state index contributed by atoms with van der Waals surface area (Å²) in [6, 6.07) is 7.15. The Morgan fingerprint density at radius 3 is 2.48 bits per heavy atom. The molecule has 0 bridgehead atoms. The second kappa shape index (κ2) is 7.51. The van der Waals surface area contributed by atoms with Crippen LogP contribution in [0.25, 0.3) is 0 Å². The molecule has 0 radical (unpaired) electrons. The Balaban J connectivity index is 2.73. The van der Waals surface area contributed by atoms with Crippen molar-refractivity contribution in [2.75, 3.05) is 11.9 Å². The average Bonchev–Trinajstić information content (AvgIpc) is 2.47. The number of anilines is 1. The van der Waals surface area contributed by atoms with Crippen molar-refractivity contribution in [2.24, 2.45) is 0 Å². The van der Waals surface area contributed by atoms with Gasteiger partial charge in [0.15, 0.2) is 0 Å². The average molecular weight is 285 g/mol. The van der Waals surface area contributed by atoms with Gasteiger partial charge >= 0.3 is 6.03 Å². The second-order valence-electron chi connectivity index (χ2n) is 4.20. The Hall–Kier alpha value is -3.06. The molecule has 21 heavy (non-hydrogen) atoms. The quantitative estimate of drug-likeness (QED) is 0.765. The third kappa shape index (κ3) is 4.51. The van der Waals surface area contributed by atoms with Crippen LogP contribution in [-0.4, -0.2) is 24.5 Å². The summed E-state index contributed by atoms with van der Waals surface area (Å²) >= 11 is 0. The molecule has 0 fully saturated rings. The molecule has 1 aromatic rings. The zero-order valence-electron chi connectivity index (χ0n) is 11.7. The number of nitriles is 2. The third-order valence-corrected chi connectivity index (χ3v) is 2.61. The molecule has 3 amide bonds. The third-order valence-electron chi connectivity index (χ3n) is 2.61. The zero-order valence-corrected chi connectivity index (χ0v) is 11.7. The number of rotatable bonds is 4. The largest absolute Gasteiger partial charge is 0.374 e. The molecule has 7 nitrogen and oxygen atoms in total. The number of amides is 3. The highest BCUT2D eigenvalue weighted by Gasteiger charge is 2.15. The number of nitrogens with zero attached hydrogens (tertiary/aromatic N) is 2. The van der Waals surface area contributed by atoms with E-state index < -0.39 is 18.0 Å². The van der Waals surface area contributed by atoms with Crippen LogP contribution in [0.5, 0.6) is 0 Å². The minimum Gasteiger partial charge on any atom is -0.374 e. The number of hydrogen-bond donors (Lipinski definition) is 3. The number of carbonyl (C=O) groups excluding carboxylic acids is 2. The molecular formula is C14H15N5O2. The number of benzene rings is 1. The molecule has 1 unspecified atom stereocenters. The molecule has 0 aliphatic carbocycles. The summed E-state index contributed by atoms with van der Waals surface area (Å²) in [6.07, 6.45) is 0. The first-order valence-electron chi connectivity index (χ1n) is 6.31. The van der Waals surface area contributed by atoms with E-state index >= 15 is 0 Å². The van der Waals surface area contributed by atoms with Crippen LogP contribution in [0.4, 0.5) is 10.5 Å². The van der Waals surface area contributed by atoms with Gasteiger partial charge in [0.2, 0.25) is 5.91 Å². The molecule has 0 aliphatic rings. The molecule has 7 heteroatoms. The summed E-state index contributed by atoms with van der Waals surface area (Å²) in [5.41, 5.74) is 1.01. The van der Waals surface area contributed by atoms with E-state index in [0.717, 1.165) is 0 Å². The highest BCUT2D eigenvalue weighted by molar-refractivity contribution is 5.97.